The fraction of sp³-hybridized carbons (Fsp3) is 0.905. The van der Waals surface area contributed by atoms with Crippen LogP contribution in [0.3, 0.4) is 0 Å². The topological polar surface area (TPSA) is 0 Å². The van der Waals surface area contributed by atoms with Crippen molar-refractivity contribution < 1.29 is 0 Å². The van der Waals surface area contributed by atoms with E-state index in [0.29, 0.717) is 0 Å². The maximum atomic E-state index is 2.47. The summed E-state index contributed by atoms with van der Waals surface area (Å²) in [5.41, 5.74) is 0. The van der Waals surface area contributed by atoms with Crippen molar-refractivity contribution in [3.05, 3.63) is 12.2 Å². The second-order valence-corrected chi connectivity index (χ2v) is 6.91. The van der Waals surface area contributed by atoms with Gasteiger partial charge in [0, 0.05) is 0 Å². The van der Waals surface area contributed by atoms with Gasteiger partial charge >= 0.3 is 0 Å². The van der Waals surface area contributed by atoms with Crippen molar-refractivity contribution in [2.75, 3.05) is 0 Å². The van der Waals surface area contributed by atoms with Gasteiger partial charge in [0.2, 0.25) is 0 Å². The molecule has 0 heterocycles. The molecule has 126 valence electrons. The molecule has 0 radical (unpaired) electrons. The van der Waals surface area contributed by atoms with E-state index in [-0.39, 0.29) is 0 Å². The van der Waals surface area contributed by atoms with Gasteiger partial charge in [0.15, 0.2) is 0 Å². The molecule has 21 heavy (non-hydrogen) atoms. The van der Waals surface area contributed by atoms with E-state index in [2.05, 4.69) is 39.8 Å². The molecule has 0 aliphatic carbocycles. The third kappa shape index (κ3) is 13.1. The zero-order valence-corrected chi connectivity index (χ0v) is 15.5. The molecule has 0 aromatic heterocycles. The fourth-order valence-corrected chi connectivity index (χ4v) is 3.25. The van der Waals surface area contributed by atoms with Gasteiger partial charge in [-0.3, -0.25) is 0 Å². The predicted octanol–water partition coefficient (Wildman–Crippen LogP) is 7.93. The molecular formula is C21H42. The standard InChI is InChI=1S/C21H42/c1-5-8-10-12-13-14-15-17-19-21(20(4)7-3)18-16-11-9-6-2/h5,8,20-21H,6-7,9-19H2,1-4H3. The summed E-state index contributed by atoms with van der Waals surface area (Å²) in [6, 6.07) is 0. The average Bonchev–Trinajstić information content (AvgIpc) is 2.51. The van der Waals surface area contributed by atoms with Crippen LogP contribution in [-0.2, 0) is 0 Å². The minimum atomic E-state index is 0.932. The Hall–Kier alpha value is -0.260. The molecule has 0 aliphatic heterocycles. The molecule has 0 aliphatic rings. The van der Waals surface area contributed by atoms with Crippen LogP contribution < -0.4 is 0 Å². The number of hydrogen-bond donors (Lipinski definition) is 0. The Morgan fingerprint density at radius 1 is 0.762 bits per heavy atom. The van der Waals surface area contributed by atoms with Crippen LogP contribution in [0.4, 0.5) is 0 Å². The van der Waals surface area contributed by atoms with Crippen LogP contribution in [-0.4, -0.2) is 0 Å². The number of rotatable bonds is 15. The van der Waals surface area contributed by atoms with Crippen molar-refractivity contribution in [3.8, 4) is 0 Å². The number of unbranched alkanes of at least 4 members (excludes halogenated alkanes) is 8. The first kappa shape index (κ1) is 20.7. The molecule has 0 amide bonds. The number of allylic oxidation sites excluding steroid dienone is 2. The summed E-state index contributed by atoms with van der Waals surface area (Å²) in [7, 11) is 0. The highest BCUT2D eigenvalue weighted by Crippen LogP contribution is 2.27. The van der Waals surface area contributed by atoms with E-state index in [9.17, 15) is 0 Å². The van der Waals surface area contributed by atoms with Crippen LogP contribution in [0.2, 0.25) is 0 Å². The summed E-state index contributed by atoms with van der Waals surface area (Å²) in [4.78, 5) is 0. The summed E-state index contributed by atoms with van der Waals surface area (Å²) in [6.07, 6.45) is 23.0. The SMILES string of the molecule is CC=CCCCCCCCC(CCCCCC)C(C)CC. The Labute approximate surface area is 135 Å². The molecule has 0 saturated heterocycles. The smallest absolute Gasteiger partial charge is 0.0351 e. The maximum Gasteiger partial charge on any atom is -0.0351 e. The minimum Gasteiger partial charge on any atom is -0.0917 e. The first-order chi connectivity index (χ1) is 10.3. The molecule has 0 heteroatoms. The largest absolute Gasteiger partial charge is 0.0917 e. The fourth-order valence-electron chi connectivity index (χ4n) is 3.25. The Morgan fingerprint density at radius 2 is 1.33 bits per heavy atom. The van der Waals surface area contributed by atoms with Crippen molar-refractivity contribution in [1.29, 1.82) is 0 Å². The Bertz CT molecular complexity index is 216. The van der Waals surface area contributed by atoms with Crippen LogP contribution in [0.15, 0.2) is 12.2 Å². The molecule has 0 bridgehead atoms. The van der Waals surface area contributed by atoms with Crippen LogP contribution in [0.1, 0.15) is 111 Å². The molecule has 0 spiro atoms. The molecule has 2 unspecified atom stereocenters. The van der Waals surface area contributed by atoms with Crippen LogP contribution in [0.25, 0.3) is 0 Å². The van der Waals surface area contributed by atoms with Crippen LogP contribution >= 0.6 is 0 Å². The number of hydrogen-bond acceptors (Lipinski definition) is 0. The van der Waals surface area contributed by atoms with Gasteiger partial charge in [0.1, 0.15) is 0 Å². The molecule has 0 rings (SSSR count). The van der Waals surface area contributed by atoms with Crippen molar-refractivity contribution in [3.63, 3.8) is 0 Å². The molecular weight excluding hydrogens is 252 g/mol. The summed E-state index contributed by atoms with van der Waals surface area (Å²) in [6.45, 7) is 9.27. The van der Waals surface area contributed by atoms with Gasteiger partial charge < -0.3 is 0 Å². The molecule has 0 aromatic rings. The van der Waals surface area contributed by atoms with Crippen molar-refractivity contribution in [2.45, 2.75) is 111 Å². The first-order valence-corrected chi connectivity index (χ1v) is 9.87. The van der Waals surface area contributed by atoms with Crippen molar-refractivity contribution in [2.24, 2.45) is 11.8 Å². The molecule has 0 fully saturated rings. The highest BCUT2D eigenvalue weighted by Gasteiger charge is 2.14. The lowest BCUT2D eigenvalue weighted by molar-refractivity contribution is 0.288. The monoisotopic (exact) mass is 294 g/mol. The van der Waals surface area contributed by atoms with Crippen molar-refractivity contribution >= 4 is 0 Å². The Morgan fingerprint density at radius 3 is 1.90 bits per heavy atom. The summed E-state index contributed by atoms with van der Waals surface area (Å²) in [5.74, 6) is 1.93. The van der Waals surface area contributed by atoms with E-state index in [1.807, 2.05) is 0 Å². The van der Waals surface area contributed by atoms with E-state index < -0.39 is 0 Å². The zero-order chi connectivity index (χ0) is 15.8. The lowest BCUT2D eigenvalue weighted by Gasteiger charge is -2.23. The summed E-state index contributed by atoms with van der Waals surface area (Å²) < 4.78 is 0. The van der Waals surface area contributed by atoms with Gasteiger partial charge in [0.05, 0.1) is 0 Å². The zero-order valence-electron chi connectivity index (χ0n) is 15.5. The van der Waals surface area contributed by atoms with Gasteiger partial charge in [-0.15, -0.1) is 0 Å². The van der Waals surface area contributed by atoms with E-state index in [1.165, 1.54) is 83.5 Å². The van der Waals surface area contributed by atoms with Gasteiger partial charge in [-0.05, 0) is 31.6 Å². The summed E-state index contributed by atoms with van der Waals surface area (Å²) in [5, 5.41) is 0. The molecule has 0 saturated carbocycles. The third-order valence-corrected chi connectivity index (χ3v) is 5.06. The average molecular weight is 295 g/mol. The van der Waals surface area contributed by atoms with Gasteiger partial charge in [-0.25, -0.2) is 0 Å². The maximum absolute atomic E-state index is 2.47. The van der Waals surface area contributed by atoms with E-state index in [0.717, 1.165) is 11.8 Å². The molecule has 0 aromatic carbocycles. The predicted molar refractivity (Wildman–Crippen MR) is 98.8 cm³/mol. The van der Waals surface area contributed by atoms with Gasteiger partial charge in [0.25, 0.3) is 0 Å². The minimum absolute atomic E-state index is 0.932. The lowest BCUT2D eigenvalue weighted by Crippen LogP contribution is -2.11. The third-order valence-electron chi connectivity index (χ3n) is 5.06. The second-order valence-electron chi connectivity index (χ2n) is 6.91. The van der Waals surface area contributed by atoms with Crippen LogP contribution in [0.5, 0.6) is 0 Å². The van der Waals surface area contributed by atoms with Gasteiger partial charge in [-0.2, -0.15) is 0 Å². The second kappa shape index (κ2) is 16.1. The molecule has 2 atom stereocenters. The highest BCUT2D eigenvalue weighted by molar-refractivity contribution is 4.76. The Balaban J connectivity index is 3.65. The van der Waals surface area contributed by atoms with E-state index in [1.54, 1.807) is 0 Å². The van der Waals surface area contributed by atoms with Gasteiger partial charge in [-0.1, -0.05) is 104 Å². The molecule has 0 N–H and O–H groups in total. The highest BCUT2D eigenvalue weighted by atomic mass is 14.2. The van der Waals surface area contributed by atoms with Crippen molar-refractivity contribution in [1.82, 2.24) is 0 Å². The van der Waals surface area contributed by atoms with E-state index >= 15 is 0 Å². The Kier molecular flexibility index (Phi) is 15.9. The summed E-state index contributed by atoms with van der Waals surface area (Å²) >= 11 is 0. The van der Waals surface area contributed by atoms with Crippen LogP contribution in [0, 0.1) is 11.8 Å². The van der Waals surface area contributed by atoms with E-state index in [4.69, 9.17) is 0 Å². The molecule has 0 nitrogen and oxygen atoms in total. The first-order valence-electron chi connectivity index (χ1n) is 9.87. The lowest BCUT2D eigenvalue weighted by atomic mass is 9.83. The normalized spacial score (nSPS) is 14.7. The quantitative estimate of drug-likeness (QED) is 0.212.